The highest BCUT2D eigenvalue weighted by atomic mass is 32.2. The number of rotatable bonds is 3. The van der Waals surface area contributed by atoms with Gasteiger partial charge in [0.15, 0.2) is 0 Å². The standard InChI is InChI=1S/C6H15NO2S/c1-4-6(3)10(8,9)7-5-2/h4-5H2,1-3H3,(H2,7,8,9). The van der Waals surface area contributed by atoms with E-state index in [1.807, 2.05) is 6.92 Å². The highest BCUT2D eigenvalue weighted by Gasteiger charge is 2.02. The van der Waals surface area contributed by atoms with Crippen molar-refractivity contribution in [2.45, 2.75) is 27.2 Å². The molecule has 0 saturated carbocycles. The minimum Gasteiger partial charge on any atom is -0.302 e. The van der Waals surface area contributed by atoms with Gasteiger partial charge in [-0.25, -0.2) is 8.93 Å². The van der Waals surface area contributed by atoms with E-state index in [9.17, 15) is 4.21 Å². The quantitative estimate of drug-likeness (QED) is 0.610. The lowest BCUT2D eigenvalue weighted by atomic mass is 10.4. The lowest BCUT2D eigenvalue weighted by Crippen LogP contribution is -2.27. The van der Waals surface area contributed by atoms with Gasteiger partial charge in [0, 0.05) is 11.4 Å². The summed E-state index contributed by atoms with van der Waals surface area (Å²) >= 11 is 0. The molecule has 0 rings (SSSR count). The van der Waals surface area contributed by atoms with Crippen molar-refractivity contribution in [1.29, 1.82) is 0 Å². The van der Waals surface area contributed by atoms with Crippen molar-refractivity contribution in [2.24, 2.45) is 0 Å². The molecule has 0 radical (unpaired) electrons. The van der Waals surface area contributed by atoms with Crippen LogP contribution in [-0.4, -0.2) is 20.2 Å². The zero-order chi connectivity index (χ0) is 8.20. The Morgan fingerprint density at radius 2 is 2.10 bits per heavy atom. The van der Waals surface area contributed by atoms with Crippen LogP contribution in [0.2, 0.25) is 0 Å². The minimum absolute atomic E-state index is 0.521. The summed E-state index contributed by atoms with van der Waals surface area (Å²) in [4.78, 5) is 0.606. The van der Waals surface area contributed by atoms with Gasteiger partial charge in [-0.05, 0) is 13.3 Å². The normalized spacial score (nSPS) is 16.4. The zero-order valence-electron chi connectivity index (χ0n) is 6.68. The van der Waals surface area contributed by atoms with Gasteiger partial charge in [-0.3, -0.25) is 0 Å². The summed E-state index contributed by atoms with van der Waals surface area (Å²) in [7, 11) is -2.84. The summed E-state index contributed by atoms with van der Waals surface area (Å²) in [6, 6.07) is 0. The molecule has 1 unspecified atom stereocenters. The first-order valence-corrected chi connectivity index (χ1v) is 4.89. The van der Waals surface area contributed by atoms with Crippen LogP contribution < -0.4 is 4.72 Å². The number of nitrogens with one attached hydrogen (secondary N) is 1. The van der Waals surface area contributed by atoms with Gasteiger partial charge in [0.2, 0.25) is 0 Å². The molecule has 0 aliphatic heterocycles. The number of hydrogen-bond donors (Lipinski definition) is 2. The van der Waals surface area contributed by atoms with E-state index in [0.717, 1.165) is 0 Å². The van der Waals surface area contributed by atoms with Crippen molar-refractivity contribution < 1.29 is 8.76 Å². The molecule has 10 heavy (non-hydrogen) atoms. The average Bonchev–Trinajstić information content (AvgIpc) is 1.86. The van der Waals surface area contributed by atoms with Gasteiger partial charge in [-0.2, -0.15) is 0 Å². The third-order valence-electron chi connectivity index (χ3n) is 1.31. The van der Waals surface area contributed by atoms with E-state index in [2.05, 4.69) is 4.72 Å². The second kappa shape index (κ2) is 3.95. The molecule has 0 bridgehead atoms. The van der Waals surface area contributed by atoms with Crippen molar-refractivity contribution >= 4 is 14.9 Å². The molecule has 2 N–H and O–H groups in total. The van der Waals surface area contributed by atoms with Gasteiger partial charge in [0.05, 0.1) is 0 Å². The van der Waals surface area contributed by atoms with Gasteiger partial charge in [0.1, 0.15) is 9.99 Å². The first-order chi connectivity index (χ1) is 4.54. The van der Waals surface area contributed by atoms with Crippen LogP contribution in [-0.2, 0) is 9.99 Å². The molecule has 0 aromatic rings. The van der Waals surface area contributed by atoms with Crippen molar-refractivity contribution in [2.75, 3.05) is 6.54 Å². The summed E-state index contributed by atoms with van der Waals surface area (Å²) in [6.07, 6.45) is 0.641. The summed E-state index contributed by atoms with van der Waals surface area (Å²) in [5, 5.41) is 0. The van der Waals surface area contributed by atoms with Gasteiger partial charge in [0.25, 0.3) is 0 Å². The summed E-state index contributed by atoms with van der Waals surface area (Å²) in [6.45, 7) is 5.87. The Morgan fingerprint density at radius 1 is 1.60 bits per heavy atom. The number of hydrogen-bond acceptors (Lipinski definition) is 1. The predicted octanol–water partition coefficient (Wildman–Crippen LogP) is 0.871. The predicted molar refractivity (Wildman–Crippen MR) is 45.4 cm³/mol. The monoisotopic (exact) mass is 165 g/mol. The topological polar surface area (TPSA) is 49.3 Å². The Labute approximate surface area is 62.8 Å². The molecule has 3 nitrogen and oxygen atoms in total. The maximum absolute atomic E-state index is 11.1. The highest BCUT2D eigenvalue weighted by Crippen LogP contribution is 1.89. The van der Waals surface area contributed by atoms with Crippen LogP contribution >= 0.6 is 0 Å². The van der Waals surface area contributed by atoms with Gasteiger partial charge >= 0.3 is 0 Å². The fraction of sp³-hybridized carbons (Fsp3) is 0.833. The largest absolute Gasteiger partial charge is 0.302 e. The Hall–Kier alpha value is -0.0600. The zero-order valence-corrected chi connectivity index (χ0v) is 7.49. The molecule has 0 aromatic heterocycles. The molecular weight excluding hydrogens is 150 g/mol. The van der Waals surface area contributed by atoms with Gasteiger partial charge in [-0.15, -0.1) is 0 Å². The van der Waals surface area contributed by atoms with Gasteiger partial charge in [-0.1, -0.05) is 13.8 Å². The van der Waals surface area contributed by atoms with Crippen LogP contribution in [0.1, 0.15) is 27.2 Å². The molecule has 1 atom stereocenters. The van der Waals surface area contributed by atoms with Crippen molar-refractivity contribution in [3.8, 4) is 0 Å². The second-order valence-corrected chi connectivity index (χ2v) is 4.12. The fourth-order valence-corrected chi connectivity index (χ4v) is 1.54. The summed E-state index contributed by atoms with van der Waals surface area (Å²) < 4.78 is 22.8. The molecule has 62 valence electrons. The van der Waals surface area contributed by atoms with Crippen molar-refractivity contribution in [1.82, 2.24) is 4.72 Å². The molecule has 4 heteroatoms. The molecule has 0 aliphatic carbocycles. The maximum atomic E-state index is 11.1. The smallest absolute Gasteiger partial charge is 0.144 e. The molecule has 0 saturated heterocycles. The molecule has 0 aliphatic rings. The van der Waals surface area contributed by atoms with Crippen LogP contribution in [0.25, 0.3) is 0 Å². The third kappa shape index (κ3) is 2.68. The summed E-state index contributed by atoms with van der Waals surface area (Å²) in [5.74, 6) is 0. The molecule has 0 fully saturated rings. The van der Waals surface area contributed by atoms with E-state index < -0.39 is 9.99 Å². The third-order valence-corrected chi connectivity index (χ3v) is 3.22. The maximum Gasteiger partial charge on any atom is 0.144 e. The van der Waals surface area contributed by atoms with E-state index in [1.165, 1.54) is 0 Å². The van der Waals surface area contributed by atoms with E-state index in [0.29, 0.717) is 17.8 Å². The Morgan fingerprint density at radius 3 is 2.40 bits per heavy atom. The lowest BCUT2D eigenvalue weighted by molar-refractivity contribution is 0.545. The van der Waals surface area contributed by atoms with Crippen LogP contribution in [0, 0.1) is 0 Å². The van der Waals surface area contributed by atoms with Crippen molar-refractivity contribution in [3.63, 3.8) is 0 Å². The molecule has 0 heterocycles. The Bertz CT molecular complexity index is 204. The Balaban J connectivity index is 4.51. The van der Waals surface area contributed by atoms with Gasteiger partial charge < -0.3 is 4.55 Å². The average molecular weight is 165 g/mol. The molecule has 0 aromatic carbocycles. The minimum atomic E-state index is -2.84. The first kappa shape index (κ1) is 9.94. The SMILES string of the molecule is CCNS(=O)(O)=C(C)CC. The van der Waals surface area contributed by atoms with E-state index >= 15 is 0 Å². The van der Waals surface area contributed by atoms with Crippen LogP contribution in [0.15, 0.2) is 0 Å². The molecule has 0 spiro atoms. The van der Waals surface area contributed by atoms with E-state index in [-0.39, 0.29) is 0 Å². The van der Waals surface area contributed by atoms with E-state index in [4.69, 9.17) is 4.55 Å². The first-order valence-electron chi connectivity index (χ1n) is 3.38. The lowest BCUT2D eigenvalue weighted by Gasteiger charge is -2.06. The Kier molecular flexibility index (Phi) is 3.93. The van der Waals surface area contributed by atoms with Crippen LogP contribution in [0.5, 0.6) is 0 Å². The highest BCUT2D eigenvalue weighted by molar-refractivity contribution is 7.95. The fourth-order valence-electron chi connectivity index (χ4n) is 0.514. The summed E-state index contributed by atoms with van der Waals surface area (Å²) in [5.41, 5.74) is 0. The van der Waals surface area contributed by atoms with Crippen molar-refractivity contribution in [3.05, 3.63) is 0 Å². The second-order valence-electron chi connectivity index (χ2n) is 2.08. The van der Waals surface area contributed by atoms with E-state index in [1.54, 1.807) is 13.8 Å². The van der Waals surface area contributed by atoms with Crippen LogP contribution in [0.3, 0.4) is 0 Å². The molecule has 0 amide bonds. The van der Waals surface area contributed by atoms with Crippen LogP contribution in [0.4, 0.5) is 0 Å². The molecular formula is C6H15NO2S.